The van der Waals surface area contributed by atoms with E-state index in [1.54, 1.807) is 11.9 Å². The molecular weight excluding hydrogens is 455 g/mol. The van der Waals surface area contributed by atoms with E-state index in [0.717, 1.165) is 26.9 Å². The zero-order valence-electron chi connectivity index (χ0n) is 19.4. The van der Waals surface area contributed by atoms with E-state index >= 15 is 0 Å². The lowest BCUT2D eigenvalue weighted by Gasteiger charge is -2.20. The van der Waals surface area contributed by atoms with E-state index in [1.807, 2.05) is 31.2 Å². The molecule has 0 N–H and O–H groups in total. The highest BCUT2D eigenvalue weighted by atomic mass is 19.1. The zero-order valence-corrected chi connectivity index (χ0v) is 19.4. The Kier molecular flexibility index (Phi) is 6.67. The molecule has 0 radical (unpaired) electrons. The second-order valence-electron chi connectivity index (χ2n) is 7.83. The van der Waals surface area contributed by atoms with Crippen LogP contribution in [-0.4, -0.2) is 37.4 Å². The van der Waals surface area contributed by atoms with Gasteiger partial charge in [0.15, 0.2) is 5.69 Å². The lowest BCUT2D eigenvalue weighted by molar-refractivity contribution is -0.118. The normalized spacial score (nSPS) is 11.0. The minimum Gasteiger partial charge on any atom is -0.339 e. The molecule has 1 amide bonds. The van der Waals surface area contributed by atoms with Gasteiger partial charge in [0.2, 0.25) is 17.6 Å². The molecule has 10 nitrogen and oxygen atoms in total. The monoisotopic (exact) mass is 478 g/mol. The number of halogens is 1. The van der Waals surface area contributed by atoms with Gasteiger partial charge in [0, 0.05) is 32.6 Å². The highest BCUT2D eigenvalue weighted by Crippen LogP contribution is 2.21. The standard InChI is InChI=1S/C24H23FN6O4/c1-4-15-7-5-6-8-18(15)29(2)20(32)14-13-19-26-22(28-35-19)21-23(33)30(3)24(34)31(27-21)17-11-9-16(25)10-12-17/h5-12H,4,13-14H2,1-3H3. The molecule has 0 spiro atoms. The van der Waals surface area contributed by atoms with Crippen molar-refractivity contribution in [1.29, 1.82) is 0 Å². The number of carbonyl (C=O) groups is 1. The molecule has 35 heavy (non-hydrogen) atoms. The highest BCUT2D eigenvalue weighted by molar-refractivity contribution is 5.93. The van der Waals surface area contributed by atoms with E-state index in [-0.39, 0.29) is 41.8 Å². The number of rotatable bonds is 7. The van der Waals surface area contributed by atoms with Crippen molar-refractivity contribution in [1.82, 2.24) is 24.5 Å². The Morgan fingerprint density at radius 3 is 2.54 bits per heavy atom. The molecule has 0 unspecified atom stereocenters. The van der Waals surface area contributed by atoms with Gasteiger partial charge in [0.1, 0.15) is 5.82 Å². The van der Waals surface area contributed by atoms with Crippen LogP contribution < -0.4 is 16.1 Å². The van der Waals surface area contributed by atoms with Gasteiger partial charge in [-0.05, 0) is 42.3 Å². The van der Waals surface area contributed by atoms with Crippen molar-refractivity contribution in [3.63, 3.8) is 0 Å². The number of hydrogen-bond acceptors (Lipinski definition) is 7. The maximum Gasteiger partial charge on any atom is 0.351 e. The molecule has 0 saturated heterocycles. The minimum atomic E-state index is -0.715. The van der Waals surface area contributed by atoms with Gasteiger partial charge in [-0.2, -0.15) is 14.8 Å². The first-order valence-electron chi connectivity index (χ1n) is 10.9. The fourth-order valence-electron chi connectivity index (χ4n) is 3.57. The Morgan fingerprint density at radius 1 is 1.11 bits per heavy atom. The minimum absolute atomic E-state index is 0.108. The lowest BCUT2D eigenvalue weighted by Crippen LogP contribution is -2.40. The van der Waals surface area contributed by atoms with Crippen molar-refractivity contribution in [2.75, 3.05) is 11.9 Å². The first kappa shape index (κ1) is 23.7. The summed E-state index contributed by atoms with van der Waals surface area (Å²) < 4.78 is 20.3. The van der Waals surface area contributed by atoms with Crippen molar-refractivity contribution < 1.29 is 13.7 Å². The number of aryl methyl sites for hydroxylation is 2. The van der Waals surface area contributed by atoms with Crippen LogP contribution in [0.1, 0.15) is 24.8 Å². The van der Waals surface area contributed by atoms with Crippen LogP contribution in [0.5, 0.6) is 0 Å². The van der Waals surface area contributed by atoms with Crippen molar-refractivity contribution in [2.24, 2.45) is 7.05 Å². The molecule has 0 fully saturated rings. The van der Waals surface area contributed by atoms with Crippen LogP contribution in [-0.2, 0) is 24.7 Å². The fourth-order valence-corrected chi connectivity index (χ4v) is 3.57. The van der Waals surface area contributed by atoms with Gasteiger partial charge in [0.25, 0.3) is 5.56 Å². The summed E-state index contributed by atoms with van der Waals surface area (Å²) in [4.78, 5) is 43.7. The molecule has 0 aliphatic rings. The van der Waals surface area contributed by atoms with Crippen LogP contribution in [0.2, 0.25) is 0 Å². The molecule has 11 heteroatoms. The molecule has 4 aromatic rings. The molecule has 0 atom stereocenters. The van der Waals surface area contributed by atoms with Crippen molar-refractivity contribution in [3.8, 4) is 17.2 Å². The number of anilines is 1. The number of para-hydroxylation sites is 1. The smallest absolute Gasteiger partial charge is 0.339 e. The Balaban J connectivity index is 1.56. The summed E-state index contributed by atoms with van der Waals surface area (Å²) in [5.41, 5.74) is 0.510. The number of benzene rings is 2. The summed E-state index contributed by atoms with van der Waals surface area (Å²) in [5.74, 6) is -0.583. The average Bonchev–Trinajstić information content (AvgIpc) is 3.35. The summed E-state index contributed by atoms with van der Waals surface area (Å²) in [6.07, 6.45) is 1.06. The van der Waals surface area contributed by atoms with Crippen LogP contribution in [0, 0.1) is 5.82 Å². The van der Waals surface area contributed by atoms with E-state index in [1.165, 1.54) is 31.3 Å². The van der Waals surface area contributed by atoms with Crippen LogP contribution >= 0.6 is 0 Å². The van der Waals surface area contributed by atoms with Crippen LogP contribution in [0.15, 0.2) is 62.6 Å². The molecule has 180 valence electrons. The van der Waals surface area contributed by atoms with E-state index in [4.69, 9.17) is 4.52 Å². The first-order valence-corrected chi connectivity index (χ1v) is 10.9. The second-order valence-corrected chi connectivity index (χ2v) is 7.83. The molecule has 2 heterocycles. The van der Waals surface area contributed by atoms with E-state index < -0.39 is 17.1 Å². The summed E-state index contributed by atoms with van der Waals surface area (Å²) in [7, 11) is 3.00. The maximum absolute atomic E-state index is 13.3. The van der Waals surface area contributed by atoms with Gasteiger partial charge in [-0.25, -0.2) is 9.18 Å². The van der Waals surface area contributed by atoms with E-state index in [2.05, 4.69) is 15.2 Å². The Morgan fingerprint density at radius 2 is 1.83 bits per heavy atom. The topological polar surface area (TPSA) is 116 Å². The van der Waals surface area contributed by atoms with E-state index in [0.29, 0.717) is 0 Å². The number of nitrogens with zero attached hydrogens (tertiary/aromatic N) is 6. The third-order valence-corrected chi connectivity index (χ3v) is 5.59. The highest BCUT2D eigenvalue weighted by Gasteiger charge is 2.20. The molecule has 0 bridgehead atoms. The number of amides is 1. The summed E-state index contributed by atoms with van der Waals surface area (Å²) in [6, 6.07) is 12.7. The third kappa shape index (κ3) is 4.79. The first-order chi connectivity index (χ1) is 16.8. The largest absolute Gasteiger partial charge is 0.351 e. The number of hydrogen-bond donors (Lipinski definition) is 0. The summed E-state index contributed by atoms with van der Waals surface area (Å²) >= 11 is 0. The Labute approximate surface area is 199 Å². The molecule has 0 aliphatic heterocycles. The Bertz CT molecular complexity index is 1490. The average molecular weight is 478 g/mol. The Hall–Kier alpha value is -4.41. The summed E-state index contributed by atoms with van der Waals surface area (Å²) in [6.45, 7) is 2.02. The number of aromatic nitrogens is 5. The fraction of sp³-hybridized carbons (Fsp3) is 0.250. The van der Waals surface area contributed by atoms with Gasteiger partial charge < -0.3 is 9.42 Å². The molecule has 2 aromatic carbocycles. The summed E-state index contributed by atoms with van der Waals surface area (Å²) in [5, 5.41) is 7.90. The van der Waals surface area contributed by atoms with Crippen molar-refractivity contribution >= 4 is 11.6 Å². The van der Waals surface area contributed by atoms with Gasteiger partial charge in [-0.1, -0.05) is 30.3 Å². The molecule has 0 saturated carbocycles. The molecule has 2 aromatic heterocycles. The third-order valence-electron chi connectivity index (χ3n) is 5.59. The van der Waals surface area contributed by atoms with Crippen molar-refractivity contribution in [2.45, 2.75) is 26.2 Å². The molecule has 4 rings (SSSR count). The van der Waals surface area contributed by atoms with Crippen LogP contribution in [0.4, 0.5) is 10.1 Å². The predicted octanol–water partition coefficient (Wildman–Crippen LogP) is 2.28. The quantitative estimate of drug-likeness (QED) is 0.400. The lowest BCUT2D eigenvalue weighted by atomic mass is 10.1. The van der Waals surface area contributed by atoms with Gasteiger partial charge in [-0.15, -0.1) is 0 Å². The van der Waals surface area contributed by atoms with Gasteiger partial charge in [-0.3, -0.25) is 14.2 Å². The SMILES string of the molecule is CCc1ccccc1N(C)C(=O)CCc1nc(-c2nn(-c3ccc(F)cc3)c(=O)n(C)c2=O)no1. The van der Waals surface area contributed by atoms with Crippen LogP contribution in [0.25, 0.3) is 17.2 Å². The number of carbonyl (C=O) groups excluding carboxylic acids is 1. The van der Waals surface area contributed by atoms with E-state index in [9.17, 15) is 18.8 Å². The molecule has 0 aliphatic carbocycles. The predicted molar refractivity (Wildman–Crippen MR) is 126 cm³/mol. The van der Waals surface area contributed by atoms with Crippen molar-refractivity contribution in [3.05, 3.63) is 86.6 Å². The zero-order chi connectivity index (χ0) is 25.1. The van der Waals surface area contributed by atoms with Gasteiger partial charge in [0.05, 0.1) is 5.69 Å². The second kappa shape index (κ2) is 9.84. The maximum atomic E-state index is 13.3. The van der Waals surface area contributed by atoms with Gasteiger partial charge >= 0.3 is 5.69 Å². The van der Waals surface area contributed by atoms with Crippen LogP contribution in [0.3, 0.4) is 0 Å². The molecular formula is C24H23FN6O4.